The molecule has 0 spiro atoms. The van der Waals surface area contributed by atoms with Gasteiger partial charge in [-0.15, -0.1) is 0 Å². The smallest absolute Gasteiger partial charge is 0.279 e. The second-order valence-corrected chi connectivity index (χ2v) is 5.45. The van der Waals surface area contributed by atoms with Gasteiger partial charge in [-0.05, 0) is 34.5 Å². The number of hydrogen-bond acceptors (Lipinski definition) is 4. The third-order valence-corrected chi connectivity index (χ3v) is 3.70. The first-order valence-electron chi connectivity index (χ1n) is 6.25. The van der Waals surface area contributed by atoms with Crippen LogP contribution >= 0.6 is 15.9 Å². The number of nitrogens with zero attached hydrogens (tertiary/aromatic N) is 5. The van der Waals surface area contributed by atoms with Crippen molar-refractivity contribution in [3.05, 3.63) is 52.8 Å². The van der Waals surface area contributed by atoms with Crippen molar-refractivity contribution in [3.8, 4) is 0 Å². The predicted octanol–water partition coefficient (Wildman–Crippen LogP) is 2.47. The summed E-state index contributed by atoms with van der Waals surface area (Å²) in [5.41, 5.74) is 2.04. The van der Waals surface area contributed by atoms with Gasteiger partial charge < -0.3 is 0 Å². The van der Waals surface area contributed by atoms with E-state index in [2.05, 4.69) is 30.9 Å². The highest BCUT2D eigenvalue weighted by atomic mass is 79.9. The van der Waals surface area contributed by atoms with Gasteiger partial charge in [-0.1, -0.05) is 6.07 Å². The molecule has 3 aromatic heterocycles. The van der Waals surface area contributed by atoms with E-state index in [1.54, 1.807) is 42.3 Å². The molecule has 0 aromatic carbocycles. The summed E-state index contributed by atoms with van der Waals surface area (Å²) in [6.45, 7) is 1.95. The number of hydrogen-bond donors (Lipinski definition) is 0. The SMILES string of the molecule is Cc1ccc(N(C)C(=O)c2cn3c(Br)cnc3cn2)nc1. The van der Waals surface area contributed by atoms with Crippen LogP contribution in [0.25, 0.3) is 5.65 Å². The normalized spacial score (nSPS) is 10.8. The van der Waals surface area contributed by atoms with Gasteiger partial charge in [0, 0.05) is 19.4 Å². The minimum atomic E-state index is -0.228. The summed E-state index contributed by atoms with van der Waals surface area (Å²) in [7, 11) is 1.68. The van der Waals surface area contributed by atoms with Crippen LogP contribution in [-0.2, 0) is 0 Å². The van der Waals surface area contributed by atoms with Crippen molar-refractivity contribution in [1.29, 1.82) is 0 Å². The molecular formula is C14H12BrN5O. The number of rotatable bonds is 2. The predicted molar refractivity (Wildman–Crippen MR) is 82.4 cm³/mol. The zero-order chi connectivity index (χ0) is 15.0. The van der Waals surface area contributed by atoms with Crippen molar-refractivity contribution in [2.24, 2.45) is 0 Å². The van der Waals surface area contributed by atoms with Crippen LogP contribution in [0.2, 0.25) is 0 Å². The van der Waals surface area contributed by atoms with Crippen molar-refractivity contribution in [2.45, 2.75) is 6.92 Å². The molecule has 0 radical (unpaired) electrons. The highest BCUT2D eigenvalue weighted by Gasteiger charge is 2.17. The van der Waals surface area contributed by atoms with Gasteiger partial charge in [0.05, 0.1) is 12.4 Å². The third-order valence-electron chi connectivity index (χ3n) is 3.11. The Kier molecular flexibility index (Phi) is 3.42. The lowest BCUT2D eigenvalue weighted by atomic mass is 10.3. The van der Waals surface area contributed by atoms with Crippen LogP contribution in [0.5, 0.6) is 0 Å². The van der Waals surface area contributed by atoms with E-state index in [0.717, 1.165) is 10.2 Å². The number of carbonyl (C=O) groups excluding carboxylic acids is 1. The van der Waals surface area contributed by atoms with E-state index in [1.165, 1.54) is 4.90 Å². The molecule has 0 saturated heterocycles. The summed E-state index contributed by atoms with van der Waals surface area (Å²) < 4.78 is 2.53. The average molecular weight is 346 g/mol. The molecule has 0 bridgehead atoms. The molecule has 0 aliphatic rings. The summed E-state index contributed by atoms with van der Waals surface area (Å²) in [4.78, 5) is 26.5. The van der Waals surface area contributed by atoms with Gasteiger partial charge in [0.1, 0.15) is 16.1 Å². The van der Waals surface area contributed by atoms with Gasteiger partial charge >= 0.3 is 0 Å². The molecule has 7 heteroatoms. The Morgan fingerprint density at radius 3 is 2.71 bits per heavy atom. The quantitative estimate of drug-likeness (QED) is 0.715. The Morgan fingerprint density at radius 2 is 2.00 bits per heavy atom. The lowest BCUT2D eigenvalue weighted by Gasteiger charge is -2.15. The van der Waals surface area contributed by atoms with Crippen LogP contribution in [0.15, 0.2) is 41.5 Å². The van der Waals surface area contributed by atoms with Crippen molar-refractivity contribution in [3.63, 3.8) is 0 Å². The van der Waals surface area contributed by atoms with E-state index >= 15 is 0 Å². The molecule has 106 valence electrons. The van der Waals surface area contributed by atoms with Gasteiger partial charge in [-0.25, -0.2) is 15.0 Å². The highest BCUT2D eigenvalue weighted by molar-refractivity contribution is 9.10. The van der Waals surface area contributed by atoms with E-state index in [-0.39, 0.29) is 5.91 Å². The van der Waals surface area contributed by atoms with Gasteiger partial charge in [0.2, 0.25) is 0 Å². The Bertz CT molecular complexity index is 812. The Balaban J connectivity index is 1.95. The molecule has 0 saturated carbocycles. The van der Waals surface area contributed by atoms with Crippen molar-refractivity contribution in [1.82, 2.24) is 19.4 Å². The fourth-order valence-electron chi connectivity index (χ4n) is 1.90. The molecule has 0 fully saturated rings. The maximum Gasteiger partial charge on any atom is 0.279 e. The molecule has 0 aliphatic heterocycles. The second kappa shape index (κ2) is 5.25. The molecule has 21 heavy (non-hydrogen) atoms. The molecule has 3 rings (SSSR count). The van der Waals surface area contributed by atoms with Gasteiger partial charge in [0.25, 0.3) is 5.91 Å². The first kappa shape index (κ1) is 13.7. The van der Waals surface area contributed by atoms with E-state index in [0.29, 0.717) is 17.2 Å². The van der Waals surface area contributed by atoms with Crippen molar-refractivity contribution >= 4 is 33.3 Å². The first-order chi connectivity index (χ1) is 10.1. The van der Waals surface area contributed by atoms with Crippen LogP contribution in [0.3, 0.4) is 0 Å². The summed E-state index contributed by atoms with van der Waals surface area (Å²) in [5, 5.41) is 0. The second-order valence-electron chi connectivity index (χ2n) is 4.64. The molecule has 3 heterocycles. The Morgan fingerprint density at radius 1 is 1.19 bits per heavy atom. The van der Waals surface area contributed by atoms with Crippen LogP contribution in [0.1, 0.15) is 16.1 Å². The summed E-state index contributed by atoms with van der Waals surface area (Å²) in [6, 6.07) is 3.72. The van der Waals surface area contributed by atoms with E-state index < -0.39 is 0 Å². The van der Waals surface area contributed by atoms with Crippen LogP contribution in [0, 0.1) is 6.92 Å². The van der Waals surface area contributed by atoms with E-state index in [4.69, 9.17) is 0 Å². The average Bonchev–Trinajstić information content (AvgIpc) is 2.87. The number of halogens is 1. The molecule has 6 nitrogen and oxygen atoms in total. The minimum Gasteiger partial charge on any atom is -0.294 e. The molecule has 0 unspecified atom stereocenters. The highest BCUT2D eigenvalue weighted by Crippen LogP contribution is 2.15. The van der Waals surface area contributed by atoms with Gasteiger partial charge in [-0.3, -0.25) is 14.1 Å². The standard InChI is InChI=1S/C14H12BrN5O/c1-9-3-4-12(17-5-9)19(2)14(21)10-8-20-11(15)6-18-13(20)7-16-10/h3-8H,1-2H3. The molecule has 0 atom stereocenters. The number of imidazole rings is 1. The summed E-state index contributed by atoms with van der Waals surface area (Å²) in [5.74, 6) is 0.353. The summed E-state index contributed by atoms with van der Waals surface area (Å²) in [6.07, 6.45) is 6.60. The van der Waals surface area contributed by atoms with Crippen molar-refractivity contribution in [2.75, 3.05) is 11.9 Å². The lowest BCUT2D eigenvalue weighted by molar-refractivity contribution is 0.0987. The van der Waals surface area contributed by atoms with Crippen LogP contribution in [0.4, 0.5) is 5.82 Å². The van der Waals surface area contributed by atoms with Gasteiger partial charge in [-0.2, -0.15) is 0 Å². The number of aromatic nitrogens is 4. The summed E-state index contributed by atoms with van der Waals surface area (Å²) >= 11 is 3.38. The minimum absolute atomic E-state index is 0.228. The van der Waals surface area contributed by atoms with E-state index in [1.807, 2.05) is 13.0 Å². The largest absolute Gasteiger partial charge is 0.294 e. The van der Waals surface area contributed by atoms with Gasteiger partial charge in [0.15, 0.2) is 5.65 Å². The molecule has 1 amide bonds. The molecular weight excluding hydrogens is 334 g/mol. The lowest BCUT2D eigenvalue weighted by Crippen LogP contribution is -2.28. The Labute approximate surface area is 129 Å². The monoisotopic (exact) mass is 345 g/mol. The van der Waals surface area contributed by atoms with Crippen LogP contribution in [-0.4, -0.2) is 32.3 Å². The molecule has 0 aliphatic carbocycles. The Hall–Kier alpha value is -2.28. The van der Waals surface area contributed by atoms with E-state index in [9.17, 15) is 4.79 Å². The maximum absolute atomic E-state index is 12.5. The number of anilines is 1. The number of amides is 1. The number of aryl methyl sites for hydroxylation is 1. The zero-order valence-corrected chi connectivity index (χ0v) is 13.1. The maximum atomic E-state index is 12.5. The topological polar surface area (TPSA) is 63.4 Å². The fraction of sp³-hybridized carbons (Fsp3) is 0.143. The fourth-order valence-corrected chi connectivity index (χ4v) is 2.29. The number of pyridine rings is 1. The number of fused-ring (bicyclic) bond motifs is 1. The van der Waals surface area contributed by atoms with Crippen molar-refractivity contribution < 1.29 is 4.79 Å². The third kappa shape index (κ3) is 2.52. The molecule has 3 aromatic rings. The molecule has 0 N–H and O–H groups in total. The first-order valence-corrected chi connectivity index (χ1v) is 7.05. The number of carbonyl (C=O) groups is 1. The van der Waals surface area contributed by atoms with Crippen LogP contribution < -0.4 is 4.90 Å². The zero-order valence-electron chi connectivity index (χ0n) is 11.5.